The van der Waals surface area contributed by atoms with Gasteiger partial charge in [0.15, 0.2) is 9.84 Å². The van der Waals surface area contributed by atoms with Crippen LogP contribution in [0.15, 0.2) is 18.2 Å². The molecule has 0 spiro atoms. The van der Waals surface area contributed by atoms with Crippen LogP contribution in [0.3, 0.4) is 0 Å². The van der Waals surface area contributed by atoms with Crippen molar-refractivity contribution in [2.24, 2.45) is 0 Å². The highest BCUT2D eigenvalue weighted by Gasteiger charge is 2.06. The Kier molecular flexibility index (Phi) is 5.36. The standard InChI is InChI=1S/C11H15ClFNO2S/c1-2-17(15,16)6-5-14-8-9-3-4-10(12)11(13)7-9/h3-4,7,14H,2,5-6,8H2,1H3. The molecule has 1 rings (SSSR count). The van der Waals surface area contributed by atoms with Gasteiger partial charge in [0.2, 0.25) is 0 Å². The Morgan fingerprint density at radius 1 is 1.41 bits per heavy atom. The minimum absolute atomic E-state index is 0.0855. The predicted molar refractivity (Wildman–Crippen MR) is 67.4 cm³/mol. The first-order chi connectivity index (χ1) is 7.94. The molecule has 0 radical (unpaired) electrons. The van der Waals surface area contributed by atoms with Crippen molar-refractivity contribution in [2.45, 2.75) is 13.5 Å². The first-order valence-electron chi connectivity index (χ1n) is 5.29. The van der Waals surface area contributed by atoms with E-state index < -0.39 is 15.7 Å². The summed E-state index contributed by atoms with van der Waals surface area (Å²) in [5, 5.41) is 3.04. The van der Waals surface area contributed by atoms with E-state index in [1.54, 1.807) is 13.0 Å². The van der Waals surface area contributed by atoms with E-state index in [1.165, 1.54) is 12.1 Å². The summed E-state index contributed by atoms with van der Waals surface area (Å²) in [6.07, 6.45) is 0. The molecule has 0 fully saturated rings. The smallest absolute Gasteiger partial charge is 0.151 e. The number of rotatable bonds is 6. The van der Waals surface area contributed by atoms with Gasteiger partial charge < -0.3 is 5.32 Å². The van der Waals surface area contributed by atoms with Crippen molar-refractivity contribution in [3.05, 3.63) is 34.6 Å². The average Bonchev–Trinajstić information content (AvgIpc) is 2.29. The lowest BCUT2D eigenvalue weighted by Gasteiger charge is -2.05. The van der Waals surface area contributed by atoms with Gasteiger partial charge in [0.1, 0.15) is 5.82 Å². The first-order valence-corrected chi connectivity index (χ1v) is 7.49. The van der Waals surface area contributed by atoms with E-state index in [1.807, 2.05) is 0 Å². The lowest BCUT2D eigenvalue weighted by atomic mass is 10.2. The van der Waals surface area contributed by atoms with Crippen molar-refractivity contribution in [3.63, 3.8) is 0 Å². The molecule has 0 saturated heterocycles. The molecule has 96 valence electrons. The summed E-state index contributed by atoms with van der Waals surface area (Å²) in [6.45, 7) is 2.40. The quantitative estimate of drug-likeness (QED) is 0.810. The first kappa shape index (κ1) is 14.4. The molecule has 0 saturated carbocycles. The summed E-state index contributed by atoms with van der Waals surface area (Å²) in [5.74, 6) is -0.226. The van der Waals surface area contributed by atoms with Crippen LogP contribution < -0.4 is 5.32 Å². The van der Waals surface area contributed by atoms with Gasteiger partial charge in [-0.25, -0.2) is 12.8 Å². The van der Waals surface area contributed by atoms with Crippen LogP contribution in [0, 0.1) is 5.82 Å². The molecule has 6 heteroatoms. The second kappa shape index (κ2) is 6.33. The zero-order valence-corrected chi connectivity index (χ0v) is 11.1. The Hall–Kier alpha value is -0.650. The van der Waals surface area contributed by atoms with E-state index in [0.29, 0.717) is 13.1 Å². The van der Waals surface area contributed by atoms with Crippen LogP contribution in [0.4, 0.5) is 4.39 Å². The van der Waals surface area contributed by atoms with Gasteiger partial charge in [-0.15, -0.1) is 0 Å². The Labute approximate surface area is 106 Å². The van der Waals surface area contributed by atoms with Gasteiger partial charge >= 0.3 is 0 Å². The van der Waals surface area contributed by atoms with Crippen LogP contribution in [0.25, 0.3) is 0 Å². The van der Waals surface area contributed by atoms with Crippen LogP contribution in [0.1, 0.15) is 12.5 Å². The molecule has 0 aliphatic carbocycles. The molecule has 0 bridgehead atoms. The molecule has 1 aromatic rings. The van der Waals surface area contributed by atoms with E-state index in [2.05, 4.69) is 5.32 Å². The predicted octanol–water partition coefficient (Wildman–Crippen LogP) is 2.00. The maximum absolute atomic E-state index is 13.1. The van der Waals surface area contributed by atoms with Gasteiger partial charge in [0, 0.05) is 18.8 Å². The van der Waals surface area contributed by atoms with E-state index in [4.69, 9.17) is 11.6 Å². The van der Waals surface area contributed by atoms with Crippen LogP contribution in [0.5, 0.6) is 0 Å². The molecule has 0 amide bonds. The maximum atomic E-state index is 13.1. The Morgan fingerprint density at radius 3 is 2.71 bits per heavy atom. The molecule has 0 aromatic heterocycles. The van der Waals surface area contributed by atoms with Gasteiger partial charge in [-0.1, -0.05) is 24.6 Å². The van der Waals surface area contributed by atoms with E-state index in [9.17, 15) is 12.8 Å². The molecular formula is C11H15ClFNO2S. The van der Waals surface area contributed by atoms with Crippen molar-refractivity contribution in [2.75, 3.05) is 18.1 Å². The molecule has 3 nitrogen and oxygen atoms in total. The highest BCUT2D eigenvalue weighted by atomic mass is 35.5. The third kappa shape index (κ3) is 5.02. The lowest BCUT2D eigenvalue weighted by Crippen LogP contribution is -2.23. The van der Waals surface area contributed by atoms with Gasteiger partial charge in [-0.05, 0) is 17.7 Å². The Bertz CT molecular complexity index is 476. The highest BCUT2D eigenvalue weighted by Crippen LogP contribution is 2.15. The molecule has 0 unspecified atom stereocenters. The molecule has 0 aliphatic rings. The largest absolute Gasteiger partial charge is 0.312 e. The van der Waals surface area contributed by atoms with Crippen LogP contribution in [-0.4, -0.2) is 26.5 Å². The number of hydrogen-bond donors (Lipinski definition) is 1. The lowest BCUT2D eigenvalue weighted by molar-refractivity contribution is 0.591. The second-order valence-electron chi connectivity index (χ2n) is 3.66. The number of hydrogen-bond acceptors (Lipinski definition) is 3. The van der Waals surface area contributed by atoms with E-state index in [0.717, 1.165) is 5.56 Å². The number of benzene rings is 1. The van der Waals surface area contributed by atoms with Gasteiger partial charge in [0.25, 0.3) is 0 Å². The van der Waals surface area contributed by atoms with Gasteiger partial charge in [-0.2, -0.15) is 0 Å². The van der Waals surface area contributed by atoms with E-state index in [-0.39, 0.29) is 16.5 Å². The normalized spacial score (nSPS) is 11.7. The maximum Gasteiger partial charge on any atom is 0.151 e. The van der Waals surface area contributed by atoms with Crippen molar-refractivity contribution >= 4 is 21.4 Å². The third-order valence-electron chi connectivity index (χ3n) is 2.34. The van der Waals surface area contributed by atoms with E-state index >= 15 is 0 Å². The van der Waals surface area contributed by atoms with Crippen molar-refractivity contribution in [1.29, 1.82) is 0 Å². The molecule has 1 aromatic carbocycles. The van der Waals surface area contributed by atoms with Crippen molar-refractivity contribution in [1.82, 2.24) is 5.32 Å². The van der Waals surface area contributed by atoms with Crippen LogP contribution >= 0.6 is 11.6 Å². The zero-order valence-electron chi connectivity index (χ0n) is 9.54. The summed E-state index contributed by atoms with van der Waals surface area (Å²) >= 11 is 5.55. The Morgan fingerprint density at radius 2 is 2.12 bits per heavy atom. The number of sulfone groups is 1. The highest BCUT2D eigenvalue weighted by molar-refractivity contribution is 7.91. The van der Waals surface area contributed by atoms with Gasteiger partial charge in [0.05, 0.1) is 10.8 Å². The fourth-order valence-corrected chi connectivity index (χ4v) is 2.12. The number of halogens is 2. The molecular weight excluding hydrogens is 265 g/mol. The second-order valence-corrected chi connectivity index (χ2v) is 6.54. The fourth-order valence-electron chi connectivity index (χ4n) is 1.25. The summed E-state index contributed by atoms with van der Waals surface area (Å²) in [7, 11) is -2.95. The van der Waals surface area contributed by atoms with Gasteiger partial charge in [-0.3, -0.25) is 0 Å². The minimum atomic E-state index is -2.95. The van der Waals surface area contributed by atoms with Crippen LogP contribution in [-0.2, 0) is 16.4 Å². The monoisotopic (exact) mass is 279 g/mol. The summed E-state index contributed by atoms with van der Waals surface area (Å²) < 4.78 is 35.5. The van der Waals surface area contributed by atoms with Crippen molar-refractivity contribution in [3.8, 4) is 0 Å². The fraction of sp³-hybridized carbons (Fsp3) is 0.455. The molecule has 0 heterocycles. The third-order valence-corrected chi connectivity index (χ3v) is 4.36. The van der Waals surface area contributed by atoms with Crippen molar-refractivity contribution < 1.29 is 12.8 Å². The molecule has 0 aliphatic heterocycles. The topological polar surface area (TPSA) is 46.2 Å². The summed E-state index contributed by atoms with van der Waals surface area (Å²) in [5.41, 5.74) is 0.737. The minimum Gasteiger partial charge on any atom is -0.312 e. The molecule has 0 atom stereocenters. The Balaban J connectivity index is 2.39. The average molecular weight is 280 g/mol. The zero-order chi connectivity index (χ0) is 12.9. The molecule has 1 N–H and O–H groups in total. The summed E-state index contributed by atoms with van der Waals surface area (Å²) in [4.78, 5) is 0. The summed E-state index contributed by atoms with van der Waals surface area (Å²) in [6, 6.07) is 4.52. The SMILES string of the molecule is CCS(=O)(=O)CCNCc1ccc(Cl)c(F)c1. The molecule has 17 heavy (non-hydrogen) atoms. The number of nitrogens with one attached hydrogen (secondary N) is 1. The van der Waals surface area contributed by atoms with Crippen LogP contribution in [0.2, 0.25) is 5.02 Å².